The number of nitrogens with one attached hydrogen (secondary N) is 1. The number of hydrogen-bond acceptors (Lipinski definition) is 5. The second kappa shape index (κ2) is 10.4. The van der Waals surface area contributed by atoms with E-state index in [0.29, 0.717) is 13.1 Å². The van der Waals surface area contributed by atoms with Crippen LogP contribution < -0.4 is 14.8 Å². The SMILES string of the molecule is COc1ccc(S(=O)(=O)N2CCCCCC2)cc1NC(=O)COc1cccc(C(F)(F)F)c1. The van der Waals surface area contributed by atoms with Crippen molar-refractivity contribution in [2.24, 2.45) is 0 Å². The molecule has 2 aromatic rings. The van der Waals surface area contributed by atoms with E-state index in [-0.39, 0.29) is 22.1 Å². The molecule has 1 fully saturated rings. The molecule has 33 heavy (non-hydrogen) atoms. The van der Waals surface area contributed by atoms with Gasteiger partial charge in [-0.3, -0.25) is 4.79 Å². The minimum Gasteiger partial charge on any atom is -0.495 e. The highest BCUT2D eigenvalue weighted by Gasteiger charge is 2.30. The van der Waals surface area contributed by atoms with Crippen molar-refractivity contribution in [2.45, 2.75) is 36.8 Å². The number of carbonyl (C=O) groups is 1. The maximum Gasteiger partial charge on any atom is 0.416 e. The van der Waals surface area contributed by atoms with Crippen molar-refractivity contribution in [3.05, 3.63) is 48.0 Å². The molecular weight excluding hydrogens is 461 g/mol. The highest BCUT2D eigenvalue weighted by molar-refractivity contribution is 7.89. The fourth-order valence-electron chi connectivity index (χ4n) is 3.47. The lowest BCUT2D eigenvalue weighted by molar-refractivity contribution is -0.137. The van der Waals surface area contributed by atoms with Crippen molar-refractivity contribution in [1.29, 1.82) is 0 Å². The third-order valence-electron chi connectivity index (χ3n) is 5.18. The molecule has 1 N–H and O–H groups in total. The quantitative estimate of drug-likeness (QED) is 0.631. The minimum absolute atomic E-state index is 0.0132. The zero-order valence-electron chi connectivity index (χ0n) is 18.0. The van der Waals surface area contributed by atoms with E-state index in [0.717, 1.165) is 37.8 Å². The summed E-state index contributed by atoms with van der Waals surface area (Å²) in [5.74, 6) is -0.573. The summed E-state index contributed by atoms with van der Waals surface area (Å²) in [5.41, 5.74) is -0.778. The van der Waals surface area contributed by atoms with Gasteiger partial charge in [-0.05, 0) is 49.2 Å². The number of carbonyl (C=O) groups excluding carboxylic acids is 1. The van der Waals surface area contributed by atoms with Gasteiger partial charge in [0.2, 0.25) is 10.0 Å². The summed E-state index contributed by atoms with van der Waals surface area (Å²) in [6.45, 7) is 0.287. The molecular formula is C22H25F3N2O5S. The van der Waals surface area contributed by atoms with Crippen molar-refractivity contribution in [2.75, 3.05) is 32.1 Å². The average molecular weight is 487 g/mol. The van der Waals surface area contributed by atoms with Crippen LogP contribution in [0.25, 0.3) is 0 Å². The molecule has 0 spiro atoms. The van der Waals surface area contributed by atoms with Gasteiger partial charge in [-0.25, -0.2) is 8.42 Å². The lowest BCUT2D eigenvalue weighted by atomic mass is 10.2. The van der Waals surface area contributed by atoms with E-state index in [1.165, 1.54) is 41.7 Å². The molecule has 0 unspecified atom stereocenters. The topological polar surface area (TPSA) is 84.9 Å². The van der Waals surface area contributed by atoms with Crippen LogP contribution >= 0.6 is 0 Å². The van der Waals surface area contributed by atoms with Gasteiger partial charge in [-0.1, -0.05) is 18.9 Å². The van der Waals surface area contributed by atoms with Crippen molar-refractivity contribution in [3.63, 3.8) is 0 Å². The zero-order valence-corrected chi connectivity index (χ0v) is 18.8. The largest absolute Gasteiger partial charge is 0.495 e. The van der Waals surface area contributed by atoms with Crippen LogP contribution in [0.3, 0.4) is 0 Å². The Morgan fingerprint density at radius 3 is 2.39 bits per heavy atom. The van der Waals surface area contributed by atoms with Gasteiger partial charge in [0, 0.05) is 13.1 Å². The number of benzene rings is 2. The highest BCUT2D eigenvalue weighted by atomic mass is 32.2. The molecule has 0 aliphatic carbocycles. The third-order valence-corrected chi connectivity index (χ3v) is 7.07. The van der Waals surface area contributed by atoms with E-state index >= 15 is 0 Å². The molecule has 11 heteroatoms. The first kappa shape index (κ1) is 24.8. The number of anilines is 1. The molecule has 0 atom stereocenters. The Morgan fingerprint density at radius 1 is 1.06 bits per heavy atom. The number of methoxy groups -OCH3 is 1. The maximum atomic E-state index is 13.1. The van der Waals surface area contributed by atoms with Crippen molar-refractivity contribution >= 4 is 21.6 Å². The Bertz CT molecular complexity index is 1080. The summed E-state index contributed by atoms with van der Waals surface area (Å²) in [6.07, 6.45) is -1.02. The second-order valence-electron chi connectivity index (χ2n) is 7.54. The second-order valence-corrected chi connectivity index (χ2v) is 9.48. The Balaban J connectivity index is 1.73. The summed E-state index contributed by atoms with van der Waals surface area (Å²) >= 11 is 0. The molecule has 2 aromatic carbocycles. The van der Waals surface area contributed by atoms with Gasteiger partial charge in [0.1, 0.15) is 11.5 Å². The summed E-state index contributed by atoms with van der Waals surface area (Å²) < 4.78 is 76.4. The lowest BCUT2D eigenvalue weighted by Crippen LogP contribution is -2.32. The zero-order chi connectivity index (χ0) is 24.1. The van der Waals surface area contributed by atoms with Crippen LogP contribution in [0.1, 0.15) is 31.2 Å². The van der Waals surface area contributed by atoms with Crippen LogP contribution in [0.15, 0.2) is 47.4 Å². The Morgan fingerprint density at radius 2 is 1.76 bits per heavy atom. The molecule has 1 heterocycles. The third kappa shape index (κ3) is 6.38. The van der Waals surface area contributed by atoms with Gasteiger partial charge in [-0.15, -0.1) is 0 Å². The number of halogens is 3. The van der Waals surface area contributed by atoms with E-state index in [9.17, 15) is 26.4 Å². The van der Waals surface area contributed by atoms with E-state index in [2.05, 4.69) is 5.32 Å². The molecule has 1 aliphatic heterocycles. The Kier molecular flexibility index (Phi) is 7.85. The van der Waals surface area contributed by atoms with Crippen LogP contribution in [-0.2, 0) is 21.0 Å². The summed E-state index contributed by atoms with van der Waals surface area (Å²) in [6, 6.07) is 8.33. The van der Waals surface area contributed by atoms with Gasteiger partial charge in [0.15, 0.2) is 6.61 Å². The van der Waals surface area contributed by atoms with Gasteiger partial charge in [0.25, 0.3) is 5.91 Å². The van der Waals surface area contributed by atoms with Crippen LogP contribution in [0.2, 0.25) is 0 Å². The van der Waals surface area contributed by atoms with Gasteiger partial charge in [-0.2, -0.15) is 17.5 Å². The van der Waals surface area contributed by atoms with Crippen LogP contribution in [-0.4, -0.2) is 45.4 Å². The fourth-order valence-corrected chi connectivity index (χ4v) is 5.02. The molecule has 3 rings (SSSR count). The van der Waals surface area contributed by atoms with Gasteiger partial charge >= 0.3 is 6.18 Å². The number of amides is 1. The fraction of sp³-hybridized carbons (Fsp3) is 0.409. The summed E-state index contributed by atoms with van der Waals surface area (Å²) in [4.78, 5) is 12.4. The Labute approximate surface area is 190 Å². The smallest absolute Gasteiger partial charge is 0.416 e. The lowest BCUT2D eigenvalue weighted by Gasteiger charge is -2.21. The first-order valence-electron chi connectivity index (χ1n) is 10.4. The van der Waals surface area contributed by atoms with E-state index in [1.54, 1.807) is 0 Å². The molecule has 7 nitrogen and oxygen atoms in total. The first-order valence-corrected chi connectivity index (χ1v) is 11.8. The summed E-state index contributed by atoms with van der Waals surface area (Å²) in [7, 11) is -2.39. The molecule has 1 aliphatic rings. The van der Waals surface area contributed by atoms with Crippen molar-refractivity contribution in [1.82, 2.24) is 4.31 Å². The average Bonchev–Trinajstić information content (AvgIpc) is 3.07. The number of alkyl halides is 3. The van der Waals surface area contributed by atoms with Crippen molar-refractivity contribution in [3.8, 4) is 11.5 Å². The summed E-state index contributed by atoms with van der Waals surface area (Å²) in [5, 5.41) is 2.51. The van der Waals surface area contributed by atoms with Gasteiger partial charge in [0.05, 0.1) is 23.3 Å². The monoisotopic (exact) mass is 486 g/mol. The number of sulfonamides is 1. The molecule has 0 saturated carbocycles. The molecule has 0 aromatic heterocycles. The molecule has 0 bridgehead atoms. The van der Waals surface area contributed by atoms with Crippen LogP contribution in [0.5, 0.6) is 11.5 Å². The minimum atomic E-state index is -4.53. The molecule has 0 radical (unpaired) electrons. The predicted octanol–water partition coefficient (Wildman–Crippen LogP) is 4.30. The van der Waals surface area contributed by atoms with E-state index in [4.69, 9.17) is 9.47 Å². The first-order chi connectivity index (χ1) is 15.6. The number of ether oxygens (including phenoxy) is 2. The normalized spacial score (nSPS) is 15.5. The van der Waals surface area contributed by atoms with Crippen molar-refractivity contribution < 1.29 is 35.9 Å². The van der Waals surface area contributed by atoms with Gasteiger partial charge < -0.3 is 14.8 Å². The van der Waals surface area contributed by atoms with E-state index in [1.807, 2.05) is 0 Å². The molecule has 1 saturated heterocycles. The number of rotatable bonds is 7. The van der Waals surface area contributed by atoms with E-state index < -0.39 is 34.3 Å². The van der Waals surface area contributed by atoms with Crippen LogP contribution in [0, 0.1) is 0 Å². The van der Waals surface area contributed by atoms with Crippen LogP contribution in [0.4, 0.5) is 18.9 Å². The highest BCUT2D eigenvalue weighted by Crippen LogP contribution is 2.32. The Hall–Kier alpha value is -2.79. The standard InChI is InChI=1S/C22H25F3N2O5S/c1-31-20-10-9-18(33(29,30)27-11-4-2-3-5-12-27)14-19(20)26-21(28)15-32-17-8-6-7-16(13-17)22(23,24)25/h6-10,13-14H,2-5,11-12,15H2,1H3,(H,26,28). The predicted molar refractivity (Wildman–Crippen MR) is 116 cm³/mol. The molecule has 180 valence electrons. The number of hydrogen-bond donors (Lipinski definition) is 1. The number of nitrogens with zero attached hydrogens (tertiary/aromatic N) is 1. The molecule has 1 amide bonds. The maximum absolute atomic E-state index is 13.1.